The summed E-state index contributed by atoms with van der Waals surface area (Å²) in [6.45, 7) is 6.13. The molecule has 1 aliphatic carbocycles. The quantitative estimate of drug-likeness (QED) is 0.705. The number of ether oxygens (including phenoxy) is 1. The lowest BCUT2D eigenvalue weighted by atomic mass is 9.72. The Morgan fingerprint density at radius 1 is 1.44 bits per heavy atom. The molecule has 1 aromatic heterocycles. The Kier molecular flexibility index (Phi) is 2.40. The lowest BCUT2D eigenvalue weighted by molar-refractivity contribution is 0.0438. The SMILES string of the molecule is Cc1cc2c(c(=O)o1)C=C1CCCC(C)[C@@]1(C)O2. The molecule has 1 aliphatic heterocycles. The highest BCUT2D eigenvalue weighted by Gasteiger charge is 2.42. The molecule has 1 unspecified atom stereocenters. The zero-order valence-corrected chi connectivity index (χ0v) is 11.1. The minimum atomic E-state index is -0.294. The van der Waals surface area contributed by atoms with E-state index in [1.54, 1.807) is 6.92 Å². The van der Waals surface area contributed by atoms with Crippen molar-refractivity contribution in [2.45, 2.75) is 45.6 Å². The zero-order valence-electron chi connectivity index (χ0n) is 11.1. The molecule has 0 N–H and O–H groups in total. The highest BCUT2D eigenvalue weighted by atomic mass is 16.5. The van der Waals surface area contributed by atoms with E-state index in [4.69, 9.17) is 9.15 Å². The van der Waals surface area contributed by atoms with E-state index in [9.17, 15) is 4.79 Å². The molecule has 2 heterocycles. The monoisotopic (exact) mass is 246 g/mol. The van der Waals surface area contributed by atoms with Gasteiger partial charge in [-0.15, -0.1) is 0 Å². The number of hydrogen-bond donors (Lipinski definition) is 0. The molecule has 0 radical (unpaired) electrons. The van der Waals surface area contributed by atoms with Crippen LogP contribution in [0, 0.1) is 12.8 Å². The first-order valence-corrected chi connectivity index (χ1v) is 6.55. The second kappa shape index (κ2) is 3.74. The molecular formula is C15H18O3. The molecule has 0 spiro atoms. The van der Waals surface area contributed by atoms with E-state index < -0.39 is 0 Å². The maximum atomic E-state index is 11.9. The zero-order chi connectivity index (χ0) is 12.9. The number of aryl methyl sites for hydroxylation is 1. The summed E-state index contributed by atoms with van der Waals surface area (Å²) < 4.78 is 11.3. The van der Waals surface area contributed by atoms with Gasteiger partial charge in [0.15, 0.2) is 0 Å². The van der Waals surface area contributed by atoms with Crippen LogP contribution in [0.3, 0.4) is 0 Å². The molecule has 3 heteroatoms. The Morgan fingerprint density at radius 3 is 3.00 bits per heavy atom. The lowest BCUT2D eigenvalue weighted by Crippen LogP contribution is -2.46. The number of hydrogen-bond acceptors (Lipinski definition) is 3. The standard InChI is InChI=1S/C15H18O3/c1-9-5-4-6-11-8-12-13(18-15(9,11)3)7-10(2)17-14(12)16/h7-9H,4-6H2,1-3H3/t9?,15-/m1/s1. The van der Waals surface area contributed by atoms with Gasteiger partial charge < -0.3 is 9.15 Å². The highest BCUT2D eigenvalue weighted by Crippen LogP contribution is 2.45. The molecule has 0 bridgehead atoms. The van der Waals surface area contributed by atoms with Gasteiger partial charge in [-0.1, -0.05) is 6.92 Å². The summed E-state index contributed by atoms with van der Waals surface area (Å²) >= 11 is 0. The van der Waals surface area contributed by atoms with Gasteiger partial charge in [0.2, 0.25) is 0 Å². The normalized spacial score (nSPS) is 29.9. The molecule has 1 fully saturated rings. The summed E-state index contributed by atoms with van der Waals surface area (Å²) in [5, 5.41) is 0. The van der Waals surface area contributed by atoms with Crippen LogP contribution in [0.2, 0.25) is 0 Å². The van der Waals surface area contributed by atoms with Gasteiger partial charge in [0.05, 0.1) is 0 Å². The van der Waals surface area contributed by atoms with Crippen LogP contribution < -0.4 is 10.4 Å². The molecule has 0 aromatic carbocycles. The van der Waals surface area contributed by atoms with Crippen molar-refractivity contribution >= 4 is 6.08 Å². The van der Waals surface area contributed by atoms with Crippen LogP contribution in [-0.2, 0) is 0 Å². The molecule has 1 saturated carbocycles. The fourth-order valence-corrected chi connectivity index (χ4v) is 3.03. The van der Waals surface area contributed by atoms with Gasteiger partial charge >= 0.3 is 5.63 Å². The van der Waals surface area contributed by atoms with Gasteiger partial charge in [-0.3, -0.25) is 0 Å². The first-order chi connectivity index (χ1) is 8.50. The van der Waals surface area contributed by atoms with E-state index in [0.717, 1.165) is 6.42 Å². The van der Waals surface area contributed by atoms with Crippen LogP contribution in [0.1, 0.15) is 44.4 Å². The van der Waals surface area contributed by atoms with Gasteiger partial charge in [-0.05, 0) is 50.7 Å². The molecule has 0 saturated heterocycles. The summed E-state index contributed by atoms with van der Waals surface area (Å²) in [5.41, 5.74) is 1.25. The molecule has 3 nitrogen and oxygen atoms in total. The third-order valence-electron chi connectivity index (χ3n) is 4.38. The van der Waals surface area contributed by atoms with E-state index in [-0.39, 0.29) is 11.2 Å². The van der Waals surface area contributed by atoms with Crippen molar-refractivity contribution in [2.24, 2.45) is 5.92 Å². The molecule has 2 atom stereocenters. The van der Waals surface area contributed by atoms with Crippen LogP contribution in [0.5, 0.6) is 5.75 Å². The second-order valence-corrected chi connectivity index (χ2v) is 5.59. The summed E-state index contributed by atoms with van der Waals surface area (Å²) in [4.78, 5) is 11.9. The predicted octanol–water partition coefficient (Wildman–Crippen LogP) is 3.30. The number of fused-ring (bicyclic) bond motifs is 2. The van der Waals surface area contributed by atoms with Crippen LogP contribution >= 0.6 is 0 Å². The third kappa shape index (κ3) is 1.53. The molecule has 2 aliphatic rings. The molecule has 0 amide bonds. The van der Waals surface area contributed by atoms with Gasteiger partial charge in [0, 0.05) is 6.07 Å². The van der Waals surface area contributed by atoms with E-state index in [0.29, 0.717) is 23.0 Å². The fraction of sp³-hybridized carbons (Fsp3) is 0.533. The average Bonchev–Trinajstić information content (AvgIpc) is 2.29. The Hall–Kier alpha value is -1.51. The molecular weight excluding hydrogens is 228 g/mol. The summed E-state index contributed by atoms with van der Waals surface area (Å²) in [7, 11) is 0. The topological polar surface area (TPSA) is 39.4 Å². The van der Waals surface area contributed by atoms with Crippen molar-refractivity contribution in [1.29, 1.82) is 0 Å². The summed E-state index contributed by atoms with van der Waals surface area (Å²) in [5.74, 6) is 1.74. The first kappa shape index (κ1) is 11.6. The van der Waals surface area contributed by atoms with Crippen molar-refractivity contribution in [3.63, 3.8) is 0 Å². The van der Waals surface area contributed by atoms with Crippen molar-refractivity contribution in [3.05, 3.63) is 33.4 Å². The maximum absolute atomic E-state index is 11.9. The van der Waals surface area contributed by atoms with Gasteiger partial charge in [0.1, 0.15) is 22.7 Å². The van der Waals surface area contributed by atoms with E-state index in [2.05, 4.69) is 13.8 Å². The Bertz CT molecular complexity index is 582. The van der Waals surface area contributed by atoms with Crippen molar-refractivity contribution in [1.82, 2.24) is 0 Å². The fourth-order valence-electron chi connectivity index (χ4n) is 3.03. The molecule has 1 aromatic rings. The smallest absolute Gasteiger partial charge is 0.346 e. The highest BCUT2D eigenvalue weighted by molar-refractivity contribution is 5.63. The lowest BCUT2D eigenvalue weighted by Gasteiger charge is -2.44. The van der Waals surface area contributed by atoms with Crippen molar-refractivity contribution in [2.75, 3.05) is 0 Å². The molecule has 96 valence electrons. The van der Waals surface area contributed by atoms with Gasteiger partial charge in [0.25, 0.3) is 0 Å². The molecule has 3 rings (SSSR count). The van der Waals surface area contributed by atoms with Crippen molar-refractivity contribution in [3.8, 4) is 5.75 Å². The van der Waals surface area contributed by atoms with Crippen LogP contribution in [-0.4, -0.2) is 5.60 Å². The third-order valence-corrected chi connectivity index (χ3v) is 4.38. The summed E-state index contributed by atoms with van der Waals surface area (Å²) in [6, 6.07) is 1.82. The van der Waals surface area contributed by atoms with Crippen LogP contribution in [0.25, 0.3) is 6.08 Å². The van der Waals surface area contributed by atoms with Crippen LogP contribution in [0.15, 0.2) is 20.9 Å². The maximum Gasteiger partial charge on any atom is 0.346 e. The first-order valence-electron chi connectivity index (χ1n) is 6.55. The van der Waals surface area contributed by atoms with Gasteiger partial charge in [-0.2, -0.15) is 0 Å². The Balaban J connectivity index is 2.19. The minimum Gasteiger partial charge on any atom is -0.482 e. The molecule has 18 heavy (non-hydrogen) atoms. The minimum absolute atomic E-state index is 0.258. The number of rotatable bonds is 0. The van der Waals surface area contributed by atoms with E-state index >= 15 is 0 Å². The largest absolute Gasteiger partial charge is 0.482 e. The van der Waals surface area contributed by atoms with Gasteiger partial charge in [-0.25, -0.2) is 4.79 Å². The predicted molar refractivity (Wildman–Crippen MR) is 69.7 cm³/mol. The van der Waals surface area contributed by atoms with E-state index in [1.807, 2.05) is 12.1 Å². The summed E-state index contributed by atoms with van der Waals surface area (Å²) in [6.07, 6.45) is 5.33. The van der Waals surface area contributed by atoms with E-state index in [1.165, 1.54) is 18.4 Å². The average molecular weight is 246 g/mol. The second-order valence-electron chi connectivity index (χ2n) is 5.59. The Morgan fingerprint density at radius 2 is 2.22 bits per heavy atom. The van der Waals surface area contributed by atoms with Crippen molar-refractivity contribution < 1.29 is 9.15 Å². The Labute approximate surface area is 106 Å². The van der Waals surface area contributed by atoms with Crippen LogP contribution in [0.4, 0.5) is 0 Å².